The highest BCUT2D eigenvalue weighted by atomic mass is 19.1. The summed E-state index contributed by atoms with van der Waals surface area (Å²) in [5.41, 5.74) is 6.92. The Bertz CT molecular complexity index is 374. The molecule has 3 heteroatoms. The van der Waals surface area contributed by atoms with Gasteiger partial charge in [0, 0.05) is 11.6 Å². The summed E-state index contributed by atoms with van der Waals surface area (Å²) in [6.07, 6.45) is 3.27. The molecule has 0 saturated heterocycles. The molecule has 0 amide bonds. The number of halogens is 1. The van der Waals surface area contributed by atoms with Crippen molar-refractivity contribution in [1.29, 1.82) is 0 Å². The molecule has 1 atom stereocenters. The van der Waals surface area contributed by atoms with E-state index in [2.05, 4.69) is 0 Å². The third-order valence-electron chi connectivity index (χ3n) is 3.02. The van der Waals surface area contributed by atoms with E-state index in [-0.39, 0.29) is 11.8 Å². The van der Waals surface area contributed by atoms with Gasteiger partial charge in [0.1, 0.15) is 0 Å². The van der Waals surface area contributed by atoms with Crippen molar-refractivity contribution >= 4 is 0 Å². The standard InChI is InChI=1S/C12H16FNO/c1-7-2-5-9(12(15)11(7)13)10(14)6-8-3-4-8/h2,5,8,10,15H,3-4,6,14H2,1H3/t10-/m1/s1. The van der Waals surface area contributed by atoms with E-state index in [1.54, 1.807) is 19.1 Å². The average Bonchev–Trinajstić information content (AvgIpc) is 2.98. The van der Waals surface area contributed by atoms with Crippen molar-refractivity contribution in [3.05, 3.63) is 29.1 Å². The van der Waals surface area contributed by atoms with E-state index in [1.165, 1.54) is 12.8 Å². The SMILES string of the molecule is Cc1ccc([C@H](N)CC2CC2)c(O)c1F. The maximum Gasteiger partial charge on any atom is 0.168 e. The molecule has 1 aliphatic carbocycles. The van der Waals surface area contributed by atoms with Crippen LogP contribution in [0, 0.1) is 18.7 Å². The van der Waals surface area contributed by atoms with Gasteiger partial charge in [-0.3, -0.25) is 0 Å². The zero-order chi connectivity index (χ0) is 11.0. The minimum Gasteiger partial charge on any atom is -0.505 e. The minimum atomic E-state index is -0.543. The molecule has 1 aliphatic rings. The summed E-state index contributed by atoms with van der Waals surface area (Å²) in [7, 11) is 0. The largest absolute Gasteiger partial charge is 0.505 e. The van der Waals surface area contributed by atoms with Crippen LogP contribution in [0.3, 0.4) is 0 Å². The lowest BCUT2D eigenvalue weighted by atomic mass is 9.99. The fourth-order valence-electron chi connectivity index (χ4n) is 1.82. The predicted octanol–water partition coefficient (Wildman–Crippen LogP) is 2.64. The fraction of sp³-hybridized carbons (Fsp3) is 0.500. The zero-order valence-corrected chi connectivity index (χ0v) is 8.83. The number of aromatic hydroxyl groups is 1. The summed E-state index contributed by atoms with van der Waals surface area (Å²) in [5, 5.41) is 9.63. The maximum absolute atomic E-state index is 13.4. The van der Waals surface area contributed by atoms with Crippen molar-refractivity contribution < 1.29 is 9.50 Å². The molecule has 1 aromatic rings. The van der Waals surface area contributed by atoms with Gasteiger partial charge in [0.05, 0.1) is 0 Å². The summed E-state index contributed by atoms with van der Waals surface area (Å²) in [6, 6.07) is 3.14. The molecular weight excluding hydrogens is 193 g/mol. The second-order valence-corrected chi connectivity index (χ2v) is 4.42. The van der Waals surface area contributed by atoms with Crippen LogP contribution < -0.4 is 5.73 Å². The lowest BCUT2D eigenvalue weighted by Gasteiger charge is -2.14. The Hall–Kier alpha value is -1.09. The smallest absolute Gasteiger partial charge is 0.168 e. The molecule has 2 nitrogen and oxygen atoms in total. The highest BCUT2D eigenvalue weighted by Gasteiger charge is 2.26. The van der Waals surface area contributed by atoms with Crippen molar-refractivity contribution in [3.8, 4) is 5.75 Å². The Morgan fingerprint density at radius 2 is 2.20 bits per heavy atom. The molecule has 0 spiro atoms. The first kappa shape index (κ1) is 10.4. The minimum absolute atomic E-state index is 0.243. The Morgan fingerprint density at radius 3 is 2.80 bits per heavy atom. The van der Waals surface area contributed by atoms with Crippen molar-refractivity contribution in [1.82, 2.24) is 0 Å². The molecule has 82 valence electrons. The van der Waals surface area contributed by atoms with Gasteiger partial charge in [-0.15, -0.1) is 0 Å². The summed E-state index contributed by atoms with van der Waals surface area (Å²) < 4.78 is 13.4. The van der Waals surface area contributed by atoms with E-state index in [0.717, 1.165) is 6.42 Å². The quantitative estimate of drug-likeness (QED) is 0.803. The summed E-state index contributed by atoms with van der Waals surface area (Å²) >= 11 is 0. The van der Waals surface area contributed by atoms with E-state index in [1.807, 2.05) is 0 Å². The normalized spacial score (nSPS) is 17.8. The Labute approximate surface area is 88.9 Å². The number of hydrogen-bond acceptors (Lipinski definition) is 2. The topological polar surface area (TPSA) is 46.2 Å². The highest BCUT2D eigenvalue weighted by Crippen LogP contribution is 2.39. The number of nitrogens with two attached hydrogens (primary N) is 1. The van der Waals surface area contributed by atoms with Crippen LogP contribution in [0.2, 0.25) is 0 Å². The molecule has 0 aromatic heterocycles. The second kappa shape index (κ2) is 3.81. The number of hydrogen-bond donors (Lipinski definition) is 2. The van der Waals surface area contributed by atoms with Crippen LogP contribution >= 0.6 is 0 Å². The van der Waals surface area contributed by atoms with Gasteiger partial charge in [-0.2, -0.15) is 0 Å². The molecule has 0 unspecified atom stereocenters. The molecule has 0 heterocycles. The van der Waals surface area contributed by atoms with Crippen molar-refractivity contribution in [2.75, 3.05) is 0 Å². The molecule has 0 aliphatic heterocycles. The lowest BCUT2D eigenvalue weighted by Crippen LogP contribution is -2.11. The van der Waals surface area contributed by atoms with Gasteiger partial charge in [-0.25, -0.2) is 4.39 Å². The fourth-order valence-corrected chi connectivity index (χ4v) is 1.82. The van der Waals surface area contributed by atoms with E-state index in [4.69, 9.17) is 5.73 Å². The lowest BCUT2D eigenvalue weighted by molar-refractivity contribution is 0.414. The molecule has 1 aromatic carbocycles. The first-order chi connectivity index (χ1) is 7.09. The van der Waals surface area contributed by atoms with E-state index >= 15 is 0 Å². The monoisotopic (exact) mass is 209 g/mol. The van der Waals surface area contributed by atoms with Crippen LogP contribution in [-0.2, 0) is 0 Å². The van der Waals surface area contributed by atoms with Gasteiger partial charge < -0.3 is 10.8 Å². The van der Waals surface area contributed by atoms with Crippen LogP contribution in [0.25, 0.3) is 0 Å². The van der Waals surface area contributed by atoms with Crippen LogP contribution in [0.1, 0.15) is 36.4 Å². The Morgan fingerprint density at radius 1 is 1.53 bits per heavy atom. The number of phenols is 1. The summed E-state index contributed by atoms with van der Waals surface area (Å²) in [5.74, 6) is -0.148. The zero-order valence-electron chi connectivity index (χ0n) is 8.83. The van der Waals surface area contributed by atoms with Crippen LogP contribution in [0.4, 0.5) is 4.39 Å². The van der Waals surface area contributed by atoms with Crippen LogP contribution in [-0.4, -0.2) is 5.11 Å². The van der Waals surface area contributed by atoms with Crippen molar-refractivity contribution in [2.24, 2.45) is 11.7 Å². The number of aryl methyl sites for hydroxylation is 1. The van der Waals surface area contributed by atoms with Crippen molar-refractivity contribution in [2.45, 2.75) is 32.2 Å². The predicted molar refractivity (Wildman–Crippen MR) is 57.1 cm³/mol. The van der Waals surface area contributed by atoms with Crippen LogP contribution in [0.5, 0.6) is 5.75 Å². The second-order valence-electron chi connectivity index (χ2n) is 4.42. The highest BCUT2D eigenvalue weighted by molar-refractivity contribution is 5.39. The third kappa shape index (κ3) is 2.12. The molecule has 15 heavy (non-hydrogen) atoms. The van der Waals surface area contributed by atoms with E-state index in [0.29, 0.717) is 17.0 Å². The number of benzene rings is 1. The average molecular weight is 209 g/mol. The molecule has 1 saturated carbocycles. The van der Waals surface area contributed by atoms with Gasteiger partial charge >= 0.3 is 0 Å². The molecule has 3 N–H and O–H groups in total. The first-order valence-electron chi connectivity index (χ1n) is 5.33. The third-order valence-corrected chi connectivity index (χ3v) is 3.02. The van der Waals surface area contributed by atoms with Gasteiger partial charge in [-0.05, 0) is 24.8 Å². The van der Waals surface area contributed by atoms with E-state index < -0.39 is 5.82 Å². The molecular formula is C12H16FNO. The first-order valence-corrected chi connectivity index (χ1v) is 5.33. The maximum atomic E-state index is 13.4. The van der Waals surface area contributed by atoms with E-state index in [9.17, 15) is 9.50 Å². The Balaban J connectivity index is 2.22. The number of rotatable bonds is 3. The van der Waals surface area contributed by atoms with Gasteiger partial charge in [-0.1, -0.05) is 25.0 Å². The summed E-state index contributed by atoms with van der Waals surface area (Å²) in [6.45, 7) is 1.63. The molecule has 0 bridgehead atoms. The summed E-state index contributed by atoms with van der Waals surface area (Å²) in [4.78, 5) is 0. The molecule has 1 fully saturated rings. The van der Waals surface area contributed by atoms with Gasteiger partial charge in [0.2, 0.25) is 0 Å². The van der Waals surface area contributed by atoms with Gasteiger partial charge in [0.25, 0.3) is 0 Å². The molecule has 2 rings (SSSR count). The number of phenolic OH excluding ortho intramolecular Hbond substituents is 1. The molecule has 0 radical (unpaired) electrons. The van der Waals surface area contributed by atoms with Crippen LogP contribution in [0.15, 0.2) is 12.1 Å². The van der Waals surface area contributed by atoms with Gasteiger partial charge in [0.15, 0.2) is 11.6 Å². The Kier molecular flexibility index (Phi) is 2.65. The van der Waals surface area contributed by atoms with Crippen molar-refractivity contribution in [3.63, 3.8) is 0 Å².